The normalized spacial score (nSPS) is 20.1. The average molecular weight is 506 g/mol. The maximum atomic E-state index is 13.7. The van der Waals surface area contributed by atoms with Crippen molar-refractivity contribution < 1.29 is 17.6 Å². The standard InChI is InChI=1S/C24H27F4N7O/c1-13-12-34(22-20-21(32(5)23(36)30-22)16(4)35(31-20)9-8-29)14(2)11-33(13)15(3)18-7-6-17(25)10-19(18)24(26,27)28/h6-7,10,13-15H,9,11-12H2,1-5H3/t13-,14+,15+/m1/s1. The van der Waals surface area contributed by atoms with Gasteiger partial charge in [0.15, 0.2) is 11.3 Å². The van der Waals surface area contributed by atoms with Gasteiger partial charge in [0.1, 0.15) is 12.4 Å². The Kier molecular flexibility index (Phi) is 6.55. The first-order valence-corrected chi connectivity index (χ1v) is 11.5. The number of rotatable bonds is 4. The molecule has 1 aromatic carbocycles. The summed E-state index contributed by atoms with van der Waals surface area (Å²) in [5.41, 5.74) is 0.301. The number of benzene rings is 1. The third-order valence-electron chi connectivity index (χ3n) is 7.01. The van der Waals surface area contributed by atoms with E-state index >= 15 is 0 Å². The highest BCUT2D eigenvalue weighted by molar-refractivity contribution is 5.88. The first kappa shape index (κ1) is 25.6. The molecular formula is C24H27F4N7O. The lowest BCUT2D eigenvalue weighted by Crippen LogP contribution is -2.57. The number of hydrogen-bond acceptors (Lipinski definition) is 6. The van der Waals surface area contributed by atoms with Crippen molar-refractivity contribution in [3.05, 3.63) is 51.3 Å². The second kappa shape index (κ2) is 9.20. The first-order chi connectivity index (χ1) is 16.8. The lowest BCUT2D eigenvalue weighted by Gasteiger charge is -2.47. The average Bonchev–Trinajstić information content (AvgIpc) is 3.13. The van der Waals surface area contributed by atoms with Gasteiger partial charge in [-0.1, -0.05) is 6.07 Å². The van der Waals surface area contributed by atoms with Gasteiger partial charge < -0.3 is 4.90 Å². The number of alkyl halides is 3. The number of piperazine rings is 1. The highest BCUT2D eigenvalue weighted by atomic mass is 19.4. The Bertz CT molecular complexity index is 1400. The Hall–Kier alpha value is -3.46. The molecule has 0 spiro atoms. The van der Waals surface area contributed by atoms with E-state index in [2.05, 4.69) is 16.2 Å². The molecule has 0 unspecified atom stereocenters. The highest BCUT2D eigenvalue weighted by Gasteiger charge is 2.39. The van der Waals surface area contributed by atoms with Gasteiger partial charge in [0.2, 0.25) is 0 Å². The minimum Gasteiger partial charge on any atom is -0.349 e. The molecular weight excluding hydrogens is 478 g/mol. The van der Waals surface area contributed by atoms with Crippen LogP contribution in [0.15, 0.2) is 23.0 Å². The number of nitrogens with zero attached hydrogens (tertiary/aromatic N) is 7. The number of halogens is 4. The summed E-state index contributed by atoms with van der Waals surface area (Å²) in [4.78, 5) is 20.9. The summed E-state index contributed by atoms with van der Waals surface area (Å²) in [7, 11) is 1.60. The molecule has 0 saturated carbocycles. The van der Waals surface area contributed by atoms with E-state index in [0.717, 1.165) is 6.07 Å². The summed E-state index contributed by atoms with van der Waals surface area (Å²) in [6, 6.07) is 3.77. The zero-order chi connectivity index (χ0) is 26.5. The number of nitriles is 1. The van der Waals surface area contributed by atoms with E-state index in [1.165, 1.54) is 15.3 Å². The molecule has 36 heavy (non-hydrogen) atoms. The van der Waals surface area contributed by atoms with Gasteiger partial charge in [-0.2, -0.15) is 28.5 Å². The smallest absolute Gasteiger partial charge is 0.349 e. The van der Waals surface area contributed by atoms with E-state index < -0.39 is 29.3 Å². The molecule has 2 aromatic heterocycles. The van der Waals surface area contributed by atoms with E-state index in [1.807, 2.05) is 23.6 Å². The minimum atomic E-state index is -4.68. The van der Waals surface area contributed by atoms with E-state index in [1.54, 1.807) is 20.9 Å². The van der Waals surface area contributed by atoms with E-state index in [4.69, 9.17) is 5.26 Å². The molecule has 3 heterocycles. The third-order valence-corrected chi connectivity index (χ3v) is 7.01. The van der Waals surface area contributed by atoms with Crippen molar-refractivity contribution in [3.63, 3.8) is 0 Å². The summed E-state index contributed by atoms with van der Waals surface area (Å²) in [5.74, 6) is -0.548. The van der Waals surface area contributed by atoms with Gasteiger partial charge in [-0.3, -0.25) is 14.1 Å². The second-order valence-corrected chi connectivity index (χ2v) is 9.33. The number of anilines is 1. The van der Waals surface area contributed by atoms with Gasteiger partial charge in [-0.05, 0) is 45.4 Å². The summed E-state index contributed by atoms with van der Waals surface area (Å²) >= 11 is 0. The fraction of sp³-hybridized carbons (Fsp3) is 0.500. The summed E-state index contributed by atoms with van der Waals surface area (Å²) < 4.78 is 57.5. The van der Waals surface area contributed by atoms with Gasteiger partial charge in [0, 0.05) is 38.3 Å². The van der Waals surface area contributed by atoms with Crippen molar-refractivity contribution in [3.8, 4) is 6.07 Å². The Balaban J connectivity index is 1.71. The topological polar surface area (TPSA) is 83.0 Å². The molecule has 0 radical (unpaired) electrons. The monoisotopic (exact) mass is 505 g/mol. The number of hydrogen-bond donors (Lipinski definition) is 0. The number of aromatic nitrogens is 4. The molecule has 192 valence electrons. The molecule has 1 fully saturated rings. The van der Waals surface area contributed by atoms with Crippen LogP contribution in [0.3, 0.4) is 0 Å². The van der Waals surface area contributed by atoms with Crippen molar-refractivity contribution >= 4 is 16.9 Å². The summed E-state index contributed by atoms with van der Waals surface area (Å²) in [6.07, 6.45) is -4.68. The molecule has 0 bridgehead atoms. The van der Waals surface area contributed by atoms with Crippen molar-refractivity contribution in [1.29, 1.82) is 5.26 Å². The van der Waals surface area contributed by atoms with E-state index in [-0.39, 0.29) is 24.2 Å². The van der Waals surface area contributed by atoms with Crippen LogP contribution in [0.5, 0.6) is 0 Å². The maximum Gasteiger partial charge on any atom is 0.416 e. The molecule has 4 rings (SSSR count). The quantitative estimate of drug-likeness (QED) is 0.502. The van der Waals surface area contributed by atoms with Crippen LogP contribution in [0.1, 0.15) is 43.6 Å². The molecule has 1 aliphatic heterocycles. The number of fused-ring (bicyclic) bond motifs is 1. The van der Waals surface area contributed by atoms with Crippen LogP contribution in [0, 0.1) is 24.1 Å². The SMILES string of the molecule is Cc1c2c(nn1CC#N)c(N1C[C@@H](C)N([C@@H](C)c3ccc(F)cc3C(F)(F)F)C[C@@H]1C)nc(=O)n2C. The van der Waals surface area contributed by atoms with Crippen LogP contribution in [-0.2, 0) is 19.8 Å². The Morgan fingerprint density at radius 1 is 1.22 bits per heavy atom. The predicted molar refractivity (Wildman–Crippen MR) is 126 cm³/mol. The lowest BCUT2D eigenvalue weighted by molar-refractivity contribution is -0.139. The molecule has 1 aliphatic rings. The van der Waals surface area contributed by atoms with Crippen LogP contribution in [-0.4, -0.2) is 49.4 Å². The molecule has 0 aliphatic carbocycles. The van der Waals surface area contributed by atoms with Crippen LogP contribution in [0.4, 0.5) is 23.4 Å². The van der Waals surface area contributed by atoms with Gasteiger partial charge in [-0.25, -0.2) is 9.18 Å². The molecule has 12 heteroatoms. The minimum absolute atomic E-state index is 0.0105. The van der Waals surface area contributed by atoms with Crippen molar-refractivity contribution in [2.45, 2.75) is 58.5 Å². The summed E-state index contributed by atoms with van der Waals surface area (Å²) in [6.45, 7) is 8.05. The van der Waals surface area contributed by atoms with Crippen molar-refractivity contribution in [2.24, 2.45) is 7.05 Å². The Morgan fingerprint density at radius 3 is 2.56 bits per heavy atom. The molecule has 0 N–H and O–H groups in total. The second-order valence-electron chi connectivity index (χ2n) is 9.33. The van der Waals surface area contributed by atoms with Crippen LogP contribution >= 0.6 is 0 Å². The van der Waals surface area contributed by atoms with Gasteiger partial charge in [0.25, 0.3) is 0 Å². The van der Waals surface area contributed by atoms with Crippen LogP contribution in [0.25, 0.3) is 11.0 Å². The van der Waals surface area contributed by atoms with Crippen molar-refractivity contribution in [1.82, 2.24) is 24.2 Å². The van der Waals surface area contributed by atoms with E-state index in [9.17, 15) is 22.4 Å². The van der Waals surface area contributed by atoms with Gasteiger partial charge in [-0.15, -0.1) is 0 Å². The van der Waals surface area contributed by atoms with Crippen LogP contribution < -0.4 is 10.6 Å². The molecule has 8 nitrogen and oxygen atoms in total. The summed E-state index contributed by atoms with van der Waals surface area (Å²) in [5, 5.41) is 13.7. The largest absolute Gasteiger partial charge is 0.416 e. The highest BCUT2D eigenvalue weighted by Crippen LogP contribution is 2.39. The van der Waals surface area contributed by atoms with Crippen LogP contribution in [0.2, 0.25) is 0 Å². The molecule has 1 saturated heterocycles. The fourth-order valence-electron chi connectivity index (χ4n) is 5.13. The van der Waals surface area contributed by atoms with Gasteiger partial charge >= 0.3 is 11.9 Å². The zero-order valence-corrected chi connectivity index (χ0v) is 20.6. The Labute approximate surface area is 205 Å². The fourth-order valence-corrected chi connectivity index (χ4v) is 5.13. The maximum absolute atomic E-state index is 13.7. The van der Waals surface area contributed by atoms with Crippen molar-refractivity contribution in [2.75, 3.05) is 18.0 Å². The number of aryl methyl sites for hydroxylation is 2. The molecule has 0 amide bonds. The lowest BCUT2D eigenvalue weighted by atomic mass is 9.96. The molecule has 3 aromatic rings. The predicted octanol–water partition coefficient (Wildman–Crippen LogP) is 3.78. The Morgan fingerprint density at radius 2 is 1.92 bits per heavy atom. The van der Waals surface area contributed by atoms with E-state index in [0.29, 0.717) is 41.7 Å². The molecule has 3 atom stereocenters. The first-order valence-electron chi connectivity index (χ1n) is 11.5. The van der Waals surface area contributed by atoms with Gasteiger partial charge in [0.05, 0.1) is 22.8 Å². The third kappa shape index (κ3) is 4.32. The zero-order valence-electron chi connectivity index (χ0n) is 20.6.